The average molecular weight is 677 g/mol. The van der Waals surface area contributed by atoms with Crippen molar-refractivity contribution in [3.63, 3.8) is 0 Å². The monoisotopic (exact) mass is 676 g/mol. The molecule has 0 amide bonds. The molecule has 4 aromatic rings. The molecule has 0 heterocycles. The highest BCUT2D eigenvalue weighted by molar-refractivity contribution is 14.1. The van der Waals surface area contributed by atoms with E-state index >= 15 is 0 Å². The zero-order chi connectivity index (χ0) is 30.2. The van der Waals surface area contributed by atoms with Crippen LogP contribution in [0.25, 0.3) is 0 Å². The van der Waals surface area contributed by atoms with Gasteiger partial charge in [0, 0.05) is 0 Å². The molecule has 0 fully saturated rings. The highest BCUT2D eigenvalue weighted by Gasteiger charge is 2.08. The molecule has 0 aliphatic heterocycles. The second kappa shape index (κ2) is 18.7. The zero-order valence-corrected chi connectivity index (χ0v) is 28.5. The maximum Gasteiger partial charge on any atom is 0.133 e. The van der Waals surface area contributed by atoms with E-state index in [-0.39, 0.29) is 0 Å². The van der Waals surface area contributed by atoms with Crippen LogP contribution in [0, 0.1) is 24.3 Å². The average Bonchev–Trinajstić information content (AvgIpc) is 3.01. The van der Waals surface area contributed by atoms with Gasteiger partial charge in [-0.2, -0.15) is 0 Å². The first-order valence-electron chi connectivity index (χ1n) is 15.6. The van der Waals surface area contributed by atoms with Crippen molar-refractivity contribution < 1.29 is 9.47 Å². The van der Waals surface area contributed by atoms with Gasteiger partial charge in [-0.05, 0) is 120 Å². The molecule has 42 heavy (non-hydrogen) atoms. The molecule has 3 heteroatoms. The Morgan fingerprint density at radius 3 is 1.48 bits per heavy atom. The van der Waals surface area contributed by atoms with Crippen LogP contribution in [0.5, 0.6) is 11.5 Å². The Bertz CT molecular complexity index is 1230. The summed E-state index contributed by atoms with van der Waals surface area (Å²) in [6.07, 6.45) is 9.94. The van der Waals surface area contributed by atoms with Crippen LogP contribution in [0.3, 0.4) is 0 Å². The normalized spacial score (nSPS) is 10.6. The number of hydrogen-bond acceptors (Lipinski definition) is 2. The summed E-state index contributed by atoms with van der Waals surface area (Å²) >= 11 is 2.38. The maximum absolute atomic E-state index is 6.05. The van der Waals surface area contributed by atoms with E-state index in [1.54, 1.807) is 0 Å². The predicted molar refractivity (Wildman–Crippen MR) is 188 cm³/mol. The number of hydrogen-bond donors (Lipinski definition) is 0. The van der Waals surface area contributed by atoms with E-state index in [0.29, 0.717) is 13.2 Å². The number of benzene rings is 4. The second-order valence-electron chi connectivity index (χ2n) is 11.2. The van der Waals surface area contributed by atoms with Crippen molar-refractivity contribution in [1.82, 2.24) is 0 Å². The van der Waals surface area contributed by atoms with Crippen LogP contribution in [0.4, 0.5) is 0 Å². The molecule has 0 aliphatic carbocycles. The van der Waals surface area contributed by atoms with Gasteiger partial charge in [-0.3, -0.25) is 0 Å². The topological polar surface area (TPSA) is 18.5 Å². The Labute approximate surface area is 269 Å². The number of aryl methyl sites for hydroxylation is 4. The quantitative estimate of drug-likeness (QED) is 0.0978. The Morgan fingerprint density at radius 2 is 0.976 bits per heavy atom. The van der Waals surface area contributed by atoms with E-state index in [1.165, 1.54) is 81.0 Å². The molecule has 0 N–H and O–H groups in total. The van der Waals surface area contributed by atoms with E-state index < -0.39 is 0 Å². The van der Waals surface area contributed by atoms with Crippen LogP contribution in [-0.2, 0) is 26.1 Å². The number of halogens is 1. The lowest BCUT2D eigenvalue weighted by Gasteiger charge is -2.14. The smallest absolute Gasteiger partial charge is 0.133 e. The molecular formula is C39H49IO2. The minimum absolute atomic E-state index is 0.634. The summed E-state index contributed by atoms with van der Waals surface area (Å²) in [7, 11) is 0. The molecule has 0 radical (unpaired) electrons. The van der Waals surface area contributed by atoms with Crippen molar-refractivity contribution in [2.45, 2.75) is 99.2 Å². The van der Waals surface area contributed by atoms with Gasteiger partial charge in [0.25, 0.3) is 0 Å². The summed E-state index contributed by atoms with van der Waals surface area (Å²) in [6.45, 7) is 12.2. The lowest BCUT2D eigenvalue weighted by molar-refractivity contribution is 0.303. The highest BCUT2D eigenvalue weighted by Crippen LogP contribution is 2.28. The number of unbranched alkanes of at least 4 members (excludes halogenated alkanes) is 4. The third-order valence-electron chi connectivity index (χ3n) is 7.57. The largest absolute Gasteiger partial charge is 0.489 e. The van der Waals surface area contributed by atoms with Crippen molar-refractivity contribution in [2.75, 3.05) is 0 Å². The van der Waals surface area contributed by atoms with E-state index in [9.17, 15) is 0 Å². The molecule has 0 aliphatic rings. The molecule has 0 saturated carbocycles. The molecule has 0 saturated heterocycles. The van der Waals surface area contributed by atoms with Gasteiger partial charge in [0.1, 0.15) is 24.7 Å². The Hall–Kier alpha value is -2.79. The predicted octanol–water partition coefficient (Wildman–Crippen LogP) is 11.5. The Kier molecular flexibility index (Phi) is 15.0. The summed E-state index contributed by atoms with van der Waals surface area (Å²) in [5.41, 5.74) is 9.11. The van der Waals surface area contributed by atoms with Crippen LogP contribution in [-0.4, -0.2) is 0 Å². The van der Waals surface area contributed by atoms with Crippen LogP contribution < -0.4 is 9.47 Å². The fourth-order valence-corrected chi connectivity index (χ4v) is 5.35. The number of ether oxygens (including phenoxy) is 2. The molecular weight excluding hydrogens is 627 g/mol. The standard InChI is InChI=1S/C20H26O.C19H23IO/c1-4-5-7-12-19-13-16(2)17(3)20(14-19)21-15-18-10-8-6-9-11-18;1-3-4-6-11-17-12-15(2)19(20)18(13-17)21-14-16-9-7-5-8-10-16/h6,8-11,13-14H,4-5,7,12,15H2,1-3H3;5,7-10,12-13H,3-4,6,11,14H2,1-2H3. The molecule has 0 spiro atoms. The van der Waals surface area contributed by atoms with Gasteiger partial charge < -0.3 is 9.47 Å². The summed E-state index contributed by atoms with van der Waals surface area (Å²) in [4.78, 5) is 0. The minimum atomic E-state index is 0.634. The first kappa shape index (κ1) is 33.7. The van der Waals surface area contributed by atoms with E-state index in [0.717, 1.165) is 24.3 Å². The summed E-state index contributed by atoms with van der Waals surface area (Å²) in [6, 6.07) is 29.7. The summed E-state index contributed by atoms with van der Waals surface area (Å²) in [5, 5.41) is 0. The second-order valence-corrected chi connectivity index (χ2v) is 12.3. The molecule has 0 atom stereocenters. The fourth-order valence-electron chi connectivity index (χ4n) is 4.88. The molecule has 0 unspecified atom stereocenters. The molecule has 224 valence electrons. The van der Waals surface area contributed by atoms with E-state index in [4.69, 9.17) is 9.47 Å². The van der Waals surface area contributed by atoms with Gasteiger partial charge >= 0.3 is 0 Å². The number of rotatable bonds is 14. The minimum Gasteiger partial charge on any atom is -0.489 e. The van der Waals surface area contributed by atoms with Crippen molar-refractivity contribution in [3.8, 4) is 11.5 Å². The first-order chi connectivity index (χ1) is 20.4. The molecule has 4 rings (SSSR count). The van der Waals surface area contributed by atoms with Gasteiger partial charge in [0.05, 0.1) is 3.57 Å². The SMILES string of the molecule is CCCCCc1cc(C)c(C)c(OCc2ccccc2)c1.CCCCCc1cc(C)c(I)c(OCc2ccccc2)c1. The zero-order valence-electron chi connectivity index (χ0n) is 26.3. The highest BCUT2D eigenvalue weighted by atomic mass is 127. The summed E-state index contributed by atoms with van der Waals surface area (Å²) < 4.78 is 13.3. The van der Waals surface area contributed by atoms with Crippen LogP contribution >= 0.6 is 22.6 Å². The van der Waals surface area contributed by atoms with Gasteiger partial charge in [-0.1, -0.05) is 112 Å². The Balaban J connectivity index is 0.000000230. The van der Waals surface area contributed by atoms with Gasteiger partial charge in [0.15, 0.2) is 0 Å². The Morgan fingerprint density at radius 1 is 0.524 bits per heavy atom. The van der Waals surface area contributed by atoms with Crippen LogP contribution in [0.2, 0.25) is 0 Å². The third-order valence-corrected chi connectivity index (χ3v) is 8.96. The van der Waals surface area contributed by atoms with Gasteiger partial charge in [0.2, 0.25) is 0 Å². The van der Waals surface area contributed by atoms with Gasteiger partial charge in [-0.25, -0.2) is 0 Å². The van der Waals surface area contributed by atoms with Gasteiger partial charge in [-0.15, -0.1) is 0 Å². The van der Waals surface area contributed by atoms with Crippen LogP contribution in [0.15, 0.2) is 84.9 Å². The van der Waals surface area contributed by atoms with E-state index in [2.05, 4.69) is 130 Å². The fraction of sp³-hybridized carbons (Fsp3) is 0.385. The summed E-state index contributed by atoms with van der Waals surface area (Å²) in [5.74, 6) is 2.05. The van der Waals surface area contributed by atoms with Crippen molar-refractivity contribution in [1.29, 1.82) is 0 Å². The molecule has 4 aromatic carbocycles. The third kappa shape index (κ3) is 11.5. The van der Waals surface area contributed by atoms with Crippen molar-refractivity contribution >= 4 is 22.6 Å². The lowest BCUT2D eigenvalue weighted by Crippen LogP contribution is -1.99. The van der Waals surface area contributed by atoms with Crippen LogP contribution in [0.1, 0.15) is 91.3 Å². The molecule has 0 aromatic heterocycles. The first-order valence-corrected chi connectivity index (χ1v) is 16.7. The molecule has 0 bridgehead atoms. The van der Waals surface area contributed by atoms with E-state index in [1.807, 2.05) is 12.1 Å². The van der Waals surface area contributed by atoms with Crippen molar-refractivity contribution in [3.05, 3.63) is 127 Å². The molecule has 2 nitrogen and oxygen atoms in total. The lowest BCUT2D eigenvalue weighted by atomic mass is 10.0. The maximum atomic E-state index is 6.05. The van der Waals surface area contributed by atoms with Crippen molar-refractivity contribution in [2.24, 2.45) is 0 Å².